The quantitative estimate of drug-likeness (QED) is 0.172. The van der Waals surface area contributed by atoms with Crippen LogP contribution in [0, 0.1) is 35.5 Å². The molecule has 0 saturated heterocycles. The van der Waals surface area contributed by atoms with E-state index in [0.717, 1.165) is 40.8 Å². The molecule has 7 rings (SSSR count). The minimum Gasteiger partial charge on any atom is -0.481 e. The number of fused-ring (bicyclic) bond motifs is 6. The maximum Gasteiger partial charge on any atom is 0.344 e. The van der Waals surface area contributed by atoms with Gasteiger partial charge in [0.05, 0.1) is 0 Å². The Morgan fingerprint density at radius 1 is 0.698 bits per heavy atom. The molecular weight excluding hydrogens is 564 g/mol. The summed E-state index contributed by atoms with van der Waals surface area (Å²) < 4.78 is 24.1. The Kier molecular flexibility index (Phi) is 7.92. The van der Waals surface area contributed by atoms with E-state index in [1.165, 1.54) is 38.5 Å². The molecule has 3 aromatic rings. The number of ether oxygens (including phenoxy) is 4. The second-order valence-electron chi connectivity index (χ2n) is 13.5. The Balaban J connectivity index is 1.08. The van der Waals surface area contributed by atoms with Gasteiger partial charge >= 0.3 is 11.9 Å². The van der Waals surface area contributed by atoms with Gasteiger partial charge in [0.15, 0.2) is 13.2 Å². The second-order valence-corrected chi connectivity index (χ2v) is 14.0. The topological polar surface area (TPSA) is 71.1 Å². The van der Waals surface area contributed by atoms with E-state index in [4.69, 9.17) is 30.5 Å². The zero-order chi connectivity index (χ0) is 29.7. The number of esters is 2. The molecule has 0 N–H and O–H groups in total. The van der Waals surface area contributed by atoms with Gasteiger partial charge in [-0.2, -0.15) is 0 Å². The largest absolute Gasteiger partial charge is 0.481 e. The lowest BCUT2D eigenvalue weighted by molar-refractivity contribution is -0.155. The molecule has 3 aromatic carbocycles. The van der Waals surface area contributed by atoms with Crippen molar-refractivity contribution in [2.24, 2.45) is 35.5 Å². The zero-order valence-electron chi connectivity index (χ0n) is 25.1. The number of carbonyl (C=O) groups is 2. The molecule has 4 fully saturated rings. The minimum absolute atomic E-state index is 0.110. The van der Waals surface area contributed by atoms with Crippen LogP contribution in [-0.4, -0.2) is 37.4 Å². The molecule has 0 aliphatic heterocycles. The molecule has 0 heterocycles. The number of hydrogen-bond donors (Lipinski definition) is 0. The summed E-state index contributed by atoms with van der Waals surface area (Å²) in [6, 6.07) is 13.2. The molecule has 4 aliphatic carbocycles. The highest BCUT2D eigenvalue weighted by atomic mass is 35.5. The molecule has 4 aliphatic rings. The average Bonchev–Trinajstić information content (AvgIpc) is 3.82. The van der Waals surface area contributed by atoms with Crippen LogP contribution in [-0.2, 0) is 19.1 Å². The molecule has 8 unspecified atom stereocenters. The summed E-state index contributed by atoms with van der Waals surface area (Å²) in [6.45, 7) is 3.64. The molecule has 43 heavy (non-hydrogen) atoms. The van der Waals surface area contributed by atoms with Crippen molar-refractivity contribution in [3.63, 3.8) is 0 Å². The Labute approximate surface area is 258 Å². The summed E-state index contributed by atoms with van der Waals surface area (Å²) in [4.78, 5) is 25.9. The van der Waals surface area contributed by atoms with Crippen LogP contribution in [0.15, 0.2) is 42.5 Å². The first-order valence-corrected chi connectivity index (χ1v) is 16.5. The third kappa shape index (κ3) is 5.68. The maximum atomic E-state index is 12.9. The Morgan fingerprint density at radius 2 is 1.19 bits per heavy atom. The van der Waals surface area contributed by atoms with E-state index in [9.17, 15) is 9.59 Å². The molecule has 4 bridgehead atoms. The highest BCUT2D eigenvalue weighted by molar-refractivity contribution is 6.31. The highest BCUT2D eigenvalue weighted by Gasteiger charge is 2.44. The lowest BCUT2D eigenvalue weighted by atomic mass is 9.85. The first-order valence-electron chi connectivity index (χ1n) is 16.1. The predicted molar refractivity (Wildman–Crippen MR) is 166 cm³/mol. The van der Waals surface area contributed by atoms with Gasteiger partial charge in [-0.3, -0.25) is 0 Å². The zero-order valence-corrected chi connectivity index (χ0v) is 25.8. The number of hydrogen-bond acceptors (Lipinski definition) is 6. The van der Waals surface area contributed by atoms with E-state index in [-0.39, 0.29) is 37.4 Å². The fraction of sp³-hybridized carbons (Fsp3) is 0.556. The van der Waals surface area contributed by atoms with Crippen LogP contribution in [0.1, 0.15) is 65.2 Å². The second kappa shape index (κ2) is 11.8. The summed E-state index contributed by atoms with van der Waals surface area (Å²) in [5, 5.41) is 3.54. The number of rotatable bonds is 10. The van der Waals surface area contributed by atoms with Crippen molar-refractivity contribution in [3.05, 3.63) is 47.5 Å². The van der Waals surface area contributed by atoms with Gasteiger partial charge in [-0.05, 0) is 106 Å². The van der Waals surface area contributed by atoms with Crippen molar-refractivity contribution < 1.29 is 28.5 Å². The lowest BCUT2D eigenvalue weighted by Gasteiger charge is -2.27. The van der Waals surface area contributed by atoms with Gasteiger partial charge in [-0.25, -0.2) is 9.59 Å². The summed E-state index contributed by atoms with van der Waals surface area (Å²) in [5.74, 6) is 4.20. The summed E-state index contributed by atoms with van der Waals surface area (Å²) in [6.07, 6.45) is 9.77. The van der Waals surface area contributed by atoms with Crippen LogP contribution in [0.5, 0.6) is 11.5 Å². The van der Waals surface area contributed by atoms with Gasteiger partial charge in [0.2, 0.25) is 0 Å². The van der Waals surface area contributed by atoms with Gasteiger partial charge < -0.3 is 18.9 Å². The van der Waals surface area contributed by atoms with E-state index in [1.807, 2.05) is 50.2 Å². The molecule has 0 amide bonds. The molecule has 6 nitrogen and oxygen atoms in total. The SMILES string of the molecule is CC(OC(=O)COc1c2ccccc2c(OCC(=O)OC(C)C2CC3CCC2C3)c2cc(Cl)ccc12)C1CC2CCC1C2. The van der Waals surface area contributed by atoms with Crippen molar-refractivity contribution in [2.75, 3.05) is 13.2 Å². The maximum absolute atomic E-state index is 12.9. The molecule has 7 heteroatoms. The highest BCUT2D eigenvalue weighted by Crippen LogP contribution is 2.51. The average molecular weight is 605 g/mol. The van der Waals surface area contributed by atoms with Gasteiger partial charge in [0, 0.05) is 26.6 Å². The summed E-state index contributed by atoms with van der Waals surface area (Å²) >= 11 is 6.44. The van der Waals surface area contributed by atoms with Crippen molar-refractivity contribution in [1.29, 1.82) is 0 Å². The van der Waals surface area contributed by atoms with Gasteiger partial charge in [-0.15, -0.1) is 0 Å². The van der Waals surface area contributed by atoms with Crippen LogP contribution < -0.4 is 9.47 Å². The molecule has 4 saturated carbocycles. The van der Waals surface area contributed by atoms with Crippen molar-refractivity contribution >= 4 is 45.1 Å². The standard InChI is InChI=1S/C36H41ClO6/c1-20(30-15-22-7-9-24(30)13-22)42-33(38)18-40-35-27-5-3-4-6-28(27)36(32-17-26(37)11-12-29(32)35)41-19-34(39)43-21(2)31-16-23-8-10-25(31)14-23/h3-6,11-12,17,20-25,30-31H,7-10,13-16,18-19H2,1-2H3. The third-order valence-corrected chi connectivity index (χ3v) is 11.2. The van der Waals surface area contributed by atoms with Crippen LogP contribution in [0.3, 0.4) is 0 Å². The number of carbonyl (C=O) groups excluding carboxylic acids is 2. The minimum atomic E-state index is -0.373. The first kappa shape index (κ1) is 28.8. The van der Waals surface area contributed by atoms with Gasteiger partial charge in [0.25, 0.3) is 0 Å². The monoisotopic (exact) mass is 604 g/mol. The van der Waals surface area contributed by atoms with Crippen molar-refractivity contribution in [2.45, 2.75) is 77.4 Å². The lowest BCUT2D eigenvalue weighted by Crippen LogP contribution is -2.30. The van der Waals surface area contributed by atoms with Crippen LogP contribution in [0.2, 0.25) is 5.02 Å². The molecule has 8 atom stereocenters. The first-order chi connectivity index (χ1) is 20.8. The van der Waals surface area contributed by atoms with Gasteiger partial charge in [0.1, 0.15) is 23.7 Å². The van der Waals surface area contributed by atoms with E-state index in [1.54, 1.807) is 6.07 Å². The van der Waals surface area contributed by atoms with Crippen LogP contribution in [0.25, 0.3) is 21.5 Å². The Hall–Kier alpha value is -2.99. The van der Waals surface area contributed by atoms with Crippen LogP contribution >= 0.6 is 11.6 Å². The smallest absolute Gasteiger partial charge is 0.344 e. The van der Waals surface area contributed by atoms with Crippen LogP contribution in [0.4, 0.5) is 0 Å². The Morgan fingerprint density at radius 3 is 1.65 bits per heavy atom. The number of benzene rings is 3. The fourth-order valence-corrected chi connectivity index (χ4v) is 9.21. The molecular formula is C36H41ClO6. The fourth-order valence-electron chi connectivity index (χ4n) is 9.04. The molecule has 0 radical (unpaired) electrons. The van der Waals surface area contributed by atoms with E-state index < -0.39 is 0 Å². The van der Waals surface area contributed by atoms with Gasteiger partial charge in [-0.1, -0.05) is 48.7 Å². The van der Waals surface area contributed by atoms with Crippen molar-refractivity contribution in [3.8, 4) is 11.5 Å². The predicted octanol–water partition coefficient (Wildman–Crippen LogP) is 8.14. The third-order valence-electron chi connectivity index (χ3n) is 11.0. The van der Waals surface area contributed by atoms with Crippen molar-refractivity contribution in [1.82, 2.24) is 0 Å². The van der Waals surface area contributed by atoms with E-state index in [0.29, 0.717) is 45.6 Å². The molecule has 228 valence electrons. The van der Waals surface area contributed by atoms with E-state index >= 15 is 0 Å². The molecule has 0 aromatic heterocycles. The summed E-state index contributed by atoms with van der Waals surface area (Å²) in [7, 11) is 0. The Bertz CT molecular complexity index is 1540. The normalized spacial score (nSPS) is 28.7. The molecule has 0 spiro atoms. The van der Waals surface area contributed by atoms with E-state index in [2.05, 4.69) is 0 Å². The number of halogens is 1. The summed E-state index contributed by atoms with van der Waals surface area (Å²) in [5.41, 5.74) is 0.